The quantitative estimate of drug-likeness (QED) is 0.0880. The third kappa shape index (κ3) is 10.7. The maximum Gasteiger partial charge on any atom is 0.161 e. The molecule has 0 unspecified atom stereocenters. The van der Waals surface area contributed by atoms with Crippen molar-refractivity contribution in [3.05, 3.63) is 0 Å². The van der Waals surface area contributed by atoms with Crippen LogP contribution in [0.25, 0.3) is 0 Å². The number of nitrogens with zero attached hydrogens (tertiary/aromatic N) is 6. The lowest BCUT2D eigenvalue weighted by Crippen LogP contribution is -2.66. The first-order valence-corrected chi connectivity index (χ1v) is 18.0. The molecule has 0 aliphatic heterocycles. The van der Waals surface area contributed by atoms with Gasteiger partial charge in [-0.1, -0.05) is 21.6 Å². The van der Waals surface area contributed by atoms with E-state index in [1.165, 1.54) is 36.4 Å². The maximum absolute atomic E-state index is 6.21. The van der Waals surface area contributed by atoms with Crippen LogP contribution in [0.3, 0.4) is 0 Å². The molecule has 0 aromatic heterocycles. The molecule has 0 aliphatic rings. The summed E-state index contributed by atoms with van der Waals surface area (Å²) in [5.74, 6) is 2.09. The van der Waals surface area contributed by atoms with Crippen LogP contribution in [0.4, 0.5) is 0 Å². The van der Waals surface area contributed by atoms with Crippen molar-refractivity contribution >= 4 is 41.1 Å². The molecule has 0 atom stereocenters. The molecule has 0 saturated heterocycles. The van der Waals surface area contributed by atoms with Crippen LogP contribution < -0.4 is 0 Å². The fourth-order valence-electron chi connectivity index (χ4n) is 4.44. The van der Waals surface area contributed by atoms with E-state index in [1.54, 1.807) is 0 Å². The van der Waals surface area contributed by atoms with Crippen molar-refractivity contribution in [2.75, 3.05) is 109 Å². The predicted molar refractivity (Wildman–Crippen MR) is 160 cm³/mol. The van der Waals surface area contributed by atoms with E-state index in [9.17, 15) is 0 Å². The molecule has 206 valence electrons. The predicted octanol–water partition coefficient (Wildman–Crippen LogP) is 0.863. The molecule has 0 amide bonds. The summed E-state index contributed by atoms with van der Waals surface area (Å²) in [4.78, 5) is 13.4. The first-order chi connectivity index (χ1) is 15.9. The lowest BCUT2D eigenvalue weighted by Gasteiger charge is -2.49. The Labute approximate surface area is 224 Å². The fourth-order valence-corrected chi connectivity index (χ4v) is 9.61. The van der Waals surface area contributed by atoms with Crippen LogP contribution in [0.2, 0.25) is 12.1 Å². The monoisotopic (exact) mass is 556 g/mol. The fraction of sp³-hybridized carbons (Fsp3) is 1.00. The molecule has 8 nitrogen and oxygen atoms in total. The van der Waals surface area contributed by atoms with Gasteiger partial charge in [-0.15, -0.1) is 0 Å². The van der Waals surface area contributed by atoms with Gasteiger partial charge in [-0.05, 0) is 110 Å². The van der Waals surface area contributed by atoms with E-state index in [0.717, 1.165) is 13.2 Å². The Kier molecular flexibility index (Phi) is 18.6. The van der Waals surface area contributed by atoms with Crippen molar-refractivity contribution < 1.29 is 8.85 Å². The summed E-state index contributed by atoms with van der Waals surface area (Å²) < 4.78 is 12.4. The molecule has 0 fully saturated rings. The summed E-state index contributed by atoms with van der Waals surface area (Å²) in [5, 5.41) is 0. The Hall–Kier alpha value is 0.814. The molecular weight excluding hydrogens is 501 g/mol. The summed E-state index contributed by atoms with van der Waals surface area (Å²) in [6, 6.07) is 2.51. The standard InChI is InChI=1S/C22H56N6O2S2Si2/c1-23(2)21(24(3)4,25(5)6)19-29-33-17-13-15-31-32-16-14-18-34-30-20-22(26(7)8,27(9)10)28(11)12/h13-20,33-34H2,1-12H3. The van der Waals surface area contributed by atoms with E-state index in [1.807, 2.05) is 21.6 Å². The van der Waals surface area contributed by atoms with Crippen LogP contribution in [0.5, 0.6) is 0 Å². The average molecular weight is 557 g/mol. The first-order valence-electron chi connectivity index (χ1n) is 12.3. The lowest BCUT2D eigenvalue weighted by atomic mass is 10.2. The van der Waals surface area contributed by atoms with Crippen molar-refractivity contribution in [2.45, 2.75) is 36.5 Å². The molecule has 34 heavy (non-hydrogen) atoms. The Morgan fingerprint density at radius 1 is 0.500 bits per heavy atom. The zero-order valence-electron chi connectivity index (χ0n) is 24.4. The van der Waals surface area contributed by atoms with E-state index < -0.39 is 19.5 Å². The lowest BCUT2D eigenvalue weighted by molar-refractivity contribution is -0.132. The molecule has 0 N–H and O–H groups in total. The van der Waals surface area contributed by atoms with Gasteiger partial charge in [0.05, 0.1) is 13.2 Å². The Morgan fingerprint density at radius 2 is 0.765 bits per heavy atom. The zero-order valence-corrected chi connectivity index (χ0v) is 28.8. The number of likely N-dealkylation sites (N-methyl/N-ethyl adjacent to an activating group) is 6. The Balaban J connectivity index is 3.88. The maximum atomic E-state index is 6.21. The van der Waals surface area contributed by atoms with E-state index in [2.05, 4.69) is 114 Å². The summed E-state index contributed by atoms with van der Waals surface area (Å²) >= 11 is 0. The summed E-state index contributed by atoms with van der Waals surface area (Å²) in [5.41, 5.74) is 0. The van der Waals surface area contributed by atoms with Gasteiger partial charge in [-0.2, -0.15) is 0 Å². The normalized spacial score (nSPS) is 14.3. The second-order valence-corrected chi connectivity index (χ2v) is 15.8. The molecular formula is C22H56N6O2S2Si2. The van der Waals surface area contributed by atoms with Crippen LogP contribution >= 0.6 is 21.6 Å². The van der Waals surface area contributed by atoms with Crippen LogP contribution in [-0.2, 0) is 8.85 Å². The largest absolute Gasteiger partial charge is 0.419 e. The highest BCUT2D eigenvalue weighted by molar-refractivity contribution is 8.76. The Bertz CT molecular complexity index is 430. The Morgan fingerprint density at radius 3 is 1.00 bits per heavy atom. The minimum absolute atomic E-state index is 0.183. The smallest absolute Gasteiger partial charge is 0.161 e. The molecule has 0 bridgehead atoms. The third-order valence-corrected chi connectivity index (χ3v) is 11.6. The first kappa shape index (κ1) is 34.8. The molecule has 0 saturated carbocycles. The second-order valence-electron chi connectivity index (χ2n) is 10.1. The average Bonchev–Trinajstić information content (AvgIpc) is 2.71. The van der Waals surface area contributed by atoms with Gasteiger partial charge in [-0.3, -0.25) is 29.4 Å². The number of hydrogen-bond donors (Lipinski definition) is 0. The van der Waals surface area contributed by atoms with Crippen LogP contribution in [-0.4, -0.2) is 170 Å². The summed E-state index contributed by atoms with van der Waals surface area (Å²) in [7, 11) is 28.6. The van der Waals surface area contributed by atoms with E-state index >= 15 is 0 Å². The van der Waals surface area contributed by atoms with Crippen LogP contribution in [0, 0.1) is 0 Å². The van der Waals surface area contributed by atoms with Crippen LogP contribution in [0.1, 0.15) is 12.8 Å². The van der Waals surface area contributed by atoms with Crippen molar-refractivity contribution in [3.8, 4) is 0 Å². The van der Waals surface area contributed by atoms with E-state index in [0.29, 0.717) is 0 Å². The van der Waals surface area contributed by atoms with Gasteiger partial charge in [0.25, 0.3) is 0 Å². The van der Waals surface area contributed by atoms with Crippen molar-refractivity contribution in [1.82, 2.24) is 29.4 Å². The molecule has 0 radical (unpaired) electrons. The minimum atomic E-state index is -0.471. The van der Waals surface area contributed by atoms with E-state index in [4.69, 9.17) is 8.85 Å². The van der Waals surface area contributed by atoms with Gasteiger partial charge in [0, 0.05) is 11.5 Å². The van der Waals surface area contributed by atoms with Crippen LogP contribution in [0.15, 0.2) is 0 Å². The van der Waals surface area contributed by atoms with Gasteiger partial charge in [-0.25, -0.2) is 0 Å². The van der Waals surface area contributed by atoms with Crippen molar-refractivity contribution in [1.29, 1.82) is 0 Å². The molecule has 0 aromatic rings. The van der Waals surface area contributed by atoms with Gasteiger partial charge in [0.15, 0.2) is 31.1 Å². The summed E-state index contributed by atoms with van der Waals surface area (Å²) in [6.45, 7) is 1.47. The molecule has 12 heteroatoms. The van der Waals surface area contributed by atoms with Gasteiger partial charge >= 0.3 is 0 Å². The highest BCUT2D eigenvalue weighted by Crippen LogP contribution is 2.24. The zero-order chi connectivity index (χ0) is 26.4. The SMILES string of the molecule is CN(C)C(CO[SiH2]CCCSSCCC[SiH2]OCC(N(C)C)(N(C)C)N(C)C)(N(C)C)N(C)C. The van der Waals surface area contributed by atoms with Gasteiger partial charge < -0.3 is 8.85 Å². The van der Waals surface area contributed by atoms with Gasteiger partial charge in [0.1, 0.15) is 0 Å². The molecule has 0 aliphatic carbocycles. The molecule has 0 heterocycles. The van der Waals surface area contributed by atoms with E-state index in [-0.39, 0.29) is 11.6 Å². The highest BCUT2D eigenvalue weighted by Gasteiger charge is 2.38. The minimum Gasteiger partial charge on any atom is -0.419 e. The van der Waals surface area contributed by atoms with Gasteiger partial charge in [0.2, 0.25) is 0 Å². The van der Waals surface area contributed by atoms with Crippen molar-refractivity contribution in [2.24, 2.45) is 0 Å². The molecule has 0 rings (SSSR count). The second kappa shape index (κ2) is 18.1. The number of rotatable bonds is 21. The third-order valence-electron chi connectivity index (χ3n) is 6.50. The number of hydrogen-bond acceptors (Lipinski definition) is 10. The summed E-state index contributed by atoms with van der Waals surface area (Å²) in [6.07, 6.45) is 2.53. The molecule has 0 spiro atoms. The highest BCUT2D eigenvalue weighted by atomic mass is 33.1. The molecule has 0 aromatic carbocycles. The topological polar surface area (TPSA) is 37.9 Å². The van der Waals surface area contributed by atoms with Crippen molar-refractivity contribution in [3.63, 3.8) is 0 Å².